The number of carbonyl (C=O) groups excluding carboxylic acids is 3. The first-order valence-electron chi connectivity index (χ1n) is 6.65. The van der Waals surface area contributed by atoms with Crippen LogP contribution in [-0.2, 0) is 14.4 Å². The van der Waals surface area contributed by atoms with Crippen molar-refractivity contribution in [3.05, 3.63) is 24.3 Å². The van der Waals surface area contributed by atoms with Gasteiger partial charge in [-0.05, 0) is 18.6 Å². The van der Waals surface area contributed by atoms with Crippen LogP contribution in [-0.4, -0.2) is 17.5 Å². The summed E-state index contributed by atoms with van der Waals surface area (Å²) in [4.78, 5) is 33.4. The van der Waals surface area contributed by atoms with Crippen molar-refractivity contribution in [3.63, 3.8) is 0 Å². The molecule has 0 saturated heterocycles. The molecule has 5 heteroatoms. The van der Waals surface area contributed by atoms with Crippen LogP contribution in [0.25, 0.3) is 0 Å². The summed E-state index contributed by atoms with van der Waals surface area (Å²) in [6.07, 6.45) is 8.20. The Hall–Kier alpha value is -0.710. The molecule has 0 fully saturated rings. The summed E-state index contributed by atoms with van der Waals surface area (Å²) >= 11 is 0. The van der Waals surface area contributed by atoms with Crippen molar-refractivity contribution < 1.29 is 49.0 Å². The number of allylic oxidation sites excluding steroid dienone is 2. The SMILES string of the molecule is C=CC(=O)C(=CC(=O)CCCCCCCC)C(=O)[O-].[Na+]. The van der Waals surface area contributed by atoms with E-state index in [9.17, 15) is 19.5 Å². The van der Waals surface area contributed by atoms with Crippen molar-refractivity contribution in [3.8, 4) is 0 Å². The number of carbonyl (C=O) groups is 3. The molecule has 0 N–H and O–H groups in total. The first-order valence-corrected chi connectivity index (χ1v) is 6.65. The molecule has 20 heavy (non-hydrogen) atoms. The molecule has 0 atom stereocenters. The zero-order valence-corrected chi connectivity index (χ0v) is 14.4. The fourth-order valence-electron chi connectivity index (χ4n) is 1.65. The van der Waals surface area contributed by atoms with Crippen LogP contribution in [0.4, 0.5) is 0 Å². The van der Waals surface area contributed by atoms with Crippen molar-refractivity contribution in [2.75, 3.05) is 0 Å². The van der Waals surface area contributed by atoms with E-state index in [1.54, 1.807) is 0 Å². The number of unbranched alkanes of at least 4 members (excludes halogenated alkanes) is 5. The van der Waals surface area contributed by atoms with Gasteiger partial charge in [-0.1, -0.05) is 45.6 Å². The van der Waals surface area contributed by atoms with Gasteiger partial charge in [-0.25, -0.2) is 0 Å². The van der Waals surface area contributed by atoms with Crippen molar-refractivity contribution in [2.45, 2.75) is 51.9 Å². The molecule has 0 amide bonds. The number of hydrogen-bond acceptors (Lipinski definition) is 4. The Morgan fingerprint density at radius 2 is 1.60 bits per heavy atom. The van der Waals surface area contributed by atoms with Crippen LogP contribution in [0, 0.1) is 0 Å². The van der Waals surface area contributed by atoms with Gasteiger partial charge < -0.3 is 9.90 Å². The average Bonchev–Trinajstić information content (AvgIpc) is 2.38. The minimum atomic E-state index is -1.64. The number of ketones is 2. The van der Waals surface area contributed by atoms with Gasteiger partial charge in [0.25, 0.3) is 0 Å². The van der Waals surface area contributed by atoms with E-state index >= 15 is 0 Å². The minimum absolute atomic E-state index is 0. The first-order chi connectivity index (χ1) is 9.02. The second kappa shape index (κ2) is 13.3. The Kier molecular flexibility index (Phi) is 14.3. The maximum Gasteiger partial charge on any atom is 1.00 e. The van der Waals surface area contributed by atoms with Gasteiger partial charge in [0.05, 0.1) is 5.97 Å². The minimum Gasteiger partial charge on any atom is -0.545 e. The summed E-state index contributed by atoms with van der Waals surface area (Å²) in [5.74, 6) is -2.79. The summed E-state index contributed by atoms with van der Waals surface area (Å²) in [7, 11) is 0. The summed E-state index contributed by atoms with van der Waals surface area (Å²) in [6.45, 7) is 5.31. The van der Waals surface area contributed by atoms with Crippen LogP contribution in [0.2, 0.25) is 0 Å². The van der Waals surface area contributed by atoms with E-state index in [1.807, 2.05) is 0 Å². The van der Waals surface area contributed by atoms with Gasteiger partial charge >= 0.3 is 29.6 Å². The van der Waals surface area contributed by atoms with Crippen LogP contribution in [0.1, 0.15) is 51.9 Å². The summed E-state index contributed by atoms with van der Waals surface area (Å²) in [5.41, 5.74) is -0.619. The van der Waals surface area contributed by atoms with Crippen molar-refractivity contribution in [2.24, 2.45) is 0 Å². The van der Waals surface area contributed by atoms with Crippen LogP contribution in [0.5, 0.6) is 0 Å². The van der Waals surface area contributed by atoms with Crippen LogP contribution in [0.3, 0.4) is 0 Å². The zero-order valence-electron chi connectivity index (χ0n) is 12.4. The number of hydrogen-bond donors (Lipinski definition) is 0. The molecule has 0 aromatic carbocycles. The quantitative estimate of drug-likeness (QED) is 0.156. The predicted molar refractivity (Wildman–Crippen MR) is 71.3 cm³/mol. The van der Waals surface area contributed by atoms with E-state index in [0.717, 1.165) is 31.4 Å². The molecule has 0 radical (unpaired) electrons. The number of carboxylic acids is 1. The Morgan fingerprint density at radius 1 is 1.05 bits per heavy atom. The summed E-state index contributed by atoms with van der Waals surface area (Å²) < 4.78 is 0. The maximum absolute atomic E-state index is 11.5. The molecule has 0 spiro atoms. The van der Waals surface area contributed by atoms with Gasteiger partial charge in [-0.15, -0.1) is 0 Å². The normalized spacial score (nSPS) is 10.6. The molecule has 4 nitrogen and oxygen atoms in total. The third-order valence-electron chi connectivity index (χ3n) is 2.75. The van der Waals surface area contributed by atoms with Crippen LogP contribution >= 0.6 is 0 Å². The molecule has 0 heterocycles. The topological polar surface area (TPSA) is 74.3 Å². The second-order valence-corrected chi connectivity index (χ2v) is 4.40. The molecule has 0 rings (SSSR count). The average molecular weight is 288 g/mol. The molecule has 0 saturated carbocycles. The van der Waals surface area contributed by atoms with Gasteiger partial charge in [0.1, 0.15) is 0 Å². The zero-order chi connectivity index (χ0) is 14.7. The summed E-state index contributed by atoms with van der Waals surface area (Å²) in [6, 6.07) is 0. The molecular formula is C15H21NaO4. The van der Waals surface area contributed by atoms with E-state index in [4.69, 9.17) is 0 Å². The third-order valence-corrected chi connectivity index (χ3v) is 2.75. The van der Waals surface area contributed by atoms with E-state index in [1.165, 1.54) is 12.8 Å². The van der Waals surface area contributed by atoms with Crippen molar-refractivity contribution >= 4 is 17.5 Å². The molecule has 0 aromatic heterocycles. The Bertz CT molecular complexity index is 372. The first kappa shape index (κ1) is 21.6. The van der Waals surface area contributed by atoms with Crippen molar-refractivity contribution in [1.82, 2.24) is 0 Å². The largest absolute Gasteiger partial charge is 1.00 e. The van der Waals surface area contributed by atoms with Gasteiger partial charge in [0.15, 0.2) is 11.6 Å². The van der Waals surface area contributed by atoms with E-state index < -0.39 is 17.3 Å². The molecule has 0 unspecified atom stereocenters. The van der Waals surface area contributed by atoms with Gasteiger partial charge in [0.2, 0.25) is 0 Å². The Balaban J connectivity index is 0. The fourth-order valence-corrected chi connectivity index (χ4v) is 1.65. The van der Waals surface area contributed by atoms with Crippen LogP contribution in [0.15, 0.2) is 24.3 Å². The van der Waals surface area contributed by atoms with E-state index in [2.05, 4.69) is 13.5 Å². The Morgan fingerprint density at radius 3 is 2.10 bits per heavy atom. The molecule has 0 aliphatic rings. The van der Waals surface area contributed by atoms with E-state index in [-0.39, 0.29) is 41.8 Å². The molecule has 0 aliphatic heterocycles. The van der Waals surface area contributed by atoms with E-state index in [0.29, 0.717) is 6.42 Å². The standard InChI is InChI=1S/C15H22O4.Na/c1-3-5-6-7-8-9-10-12(16)11-13(15(18)19)14(17)4-2;/h4,11H,2-3,5-10H2,1H3,(H,18,19);/q;+1/p-1. The van der Waals surface area contributed by atoms with Crippen molar-refractivity contribution in [1.29, 1.82) is 0 Å². The van der Waals surface area contributed by atoms with Crippen LogP contribution < -0.4 is 34.7 Å². The molecule has 0 aromatic rings. The molecular weight excluding hydrogens is 267 g/mol. The van der Waals surface area contributed by atoms with Gasteiger partial charge in [-0.2, -0.15) is 0 Å². The number of rotatable bonds is 11. The Labute approximate surface area is 142 Å². The third kappa shape index (κ3) is 10.1. The molecule has 0 bridgehead atoms. The number of carboxylic acid groups (broad SMARTS) is 1. The molecule has 0 aliphatic carbocycles. The monoisotopic (exact) mass is 288 g/mol. The smallest absolute Gasteiger partial charge is 0.545 e. The predicted octanol–water partition coefficient (Wildman–Crippen LogP) is -1.26. The van der Waals surface area contributed by atoms with Gasteiger partial charge in [0, 0.05) is 12.0 Å². The maximum atomic E-state index is 11.5. The molecule has 106 valence electrons. The number of aliphatic carboxylic acids is 1. The van der Waals surface area contributed by atoms with Gasteiger partial charge in [-0.3, -0.25) is 9.59 Å². The second-order valence-electron chi connectivity index (χ2n) is 4.40. The summed E-state index contributed by atoms with van der Waals surface area (Å²) in [5, 5.41) is 10.7. The fraction of sp³-hybridized carbons (Fsp3) is 0.533.